The van der Waals surface area contributed by atoms with Gasteiger partial charge < -0.3 is 15.0 Å². The summed E-state index contributed by atoms with van der Waals surface area (Å²) in [4.78, 5) is 18.8. The monoisotopic (exact) mass is 375 g/mol. The minimum absolute atomic E-state index is 0.250. The molecular formula is C18H25N5O2S. The molecule has 3 aromatic rings. The van der Waals surface area contributed by atoms with Crippen molar-refractivity contribution in [3.8, 4) is 0 Å². The van der Waals surface area contributed by atoms with E-state index < -0.39 is 0 Å². The van der Waals surface area contributed by atoms with Gasteiger partial charge in [0.15, 0.2) is 0 Å². The molecule has 0 amide bonds. The third-order valence-corrected chi connectivity index (χ3v) is 5.24. The molecule has 0 aliphatic carbocycles. The number of likely N-dealkylation sites (N-methyl/N-ethyl adjacent to an activating group) is 1. The van der Waals surface area contributed by atoms with Gasteiger partial charge in [0.2, 0.25) is 5.13 Å². The number of fused-ring (bicyclic) bond motifs is 1. The van der Waals surface area contributed by atoms with Crippen molar-refractivity contribution in [3.63, 3.8) is 0 Å². The van der Waals surface area contributed by atoms with Crippen molar-refractivity contribution in [1.82, 2.24) is 20.2 Å². The second-order valence-corrected chi connectivity index (χ2v) is 7.15. The summed E-state index contributed by atoms with van der Waals surface area (Å²) in [5.74, 6) is 1.46. The molecule has 26 heavy (non-hydrogen) atoms. The SMILES string of the molecule is CCN(CCc1nc2c(C)cccc2[nH]1)c1nnc(C(C)C)s1.O=CO. The number of hydrogen-bond donors (Lipinski definition) is 2. The molecule has 140 valence electrons. The van der Waals surface area contributed by atoms with Gasteiger partial charge in [0.25, 0.3) is 6.47 Å². The first-order valence-corrected chi connectivity index (χ1v) is 9.42. The highest BCUT2D eigenvalue weighted by atomic mass is 32.1. The lowest BCUT2D eigenvalue weighted by Gasteiger charge is -2.18. The van der Waals surface area contributed by atoms with Crippen LogP contribution >= 0.6 is 11.3 Å². The summed E-state index contributed by atoms with van der Waals surface area (Å²) in [6, 6.07) is 6.24. The van der Waals surface area contributed by atoms with Crippen molar-refractivity contribution in [3.05, 3.63) is 34.6 Å². The topological polar surface area (TPSA) is 95.0 Å². The Morgan fingerprint density at radius 1 is 1.35 bits per heavy atom. The van der Waals surface area contributed by atoms with Gasteiger partial charge in [-0.05, 0) is 25.5 Å². The lowest BCUT2D eigenvalue weighted by molar-refractivity contribution is -0.122. The van der Waals surface area contributed by atoms with E-state index in [0.29, 0.717) is 5.92 Å². The molecule has 0 radical (unpaired) electrons. The maximum absolute atomic E-state index is 8.36. The molecule has 0 saturated carbocycles. The zero-order valence-electron chi connectivity index (χ0n) is 15.6. The largest absolute Gasteiger partial charge is 0.483 e. The number of carbonyl (C=O) groups is 1. The summed E-state index contributed by atoms with van der Waals surface area (Å²) in [7, 11) is 0. The third-order valence-electron chi connectivity index (χ3n) is 3.96. The molecule has 0 aliphatic heterocycles. The van der Waals surface area contributed by atoms with Crippen molar-refractivity contribution in [2.75, 3.05) is 18.0 Å². The first-order valence-electron chi connectivity index (χ1n) is 8.60. The van der Waals surface area contributed by atoms with E-state index in [1.165, 1.54) is 5.56 Å². The molecule has 0 spiro atoms. The Morgan fingerprint density at radius 3 is 2.65 bits per heavy atom. The van der Waals surface area contributed by atoms with Crippen LogP contribution in [0.3, 0.4) is 0 Å². The molecular weight excluding hydrogens is 350 g/mol. The van der Waals surface area contributed by atoms with Crippen LogP contribution in [0, 0.1) is 6.92 Å². The van der Waals surface area contributed by atoms with Crippen molar-refractivity contribution in [2.45, 2.75) is 40.0 Å². The smallest absolute Gasteiger partial charge is 0.290 e. The predicted molar refractivity (Wildman–Crippen MR) is 105 cm³/mol. The Hall–Kier alpha value is -2.48. The normalized spacial score (nSPS) is 10.7. The van der Waals surface area contributed by atoms with Gasteiger partial charge >= 0.3 is 0 Å². The average Bonchev–Trinajstić information content (AvgIpc) is 3.24. The van der Waals surface area contributed by atoms with Gasteiger partial charge in [-0.3, -0.25) is 4.79 Å². The highest BCUT2D eigenvalue weighted by Gasteiger charge is 2.14. The van der Waals surface area contributed by atoms with E-state index in [2.05, 4.69) is 66.0 Å². The summed E-state index contributed by atoms with van der Waals surface area (Å²) >= 11 is 1.69. The molecule has 0 saturated heterocycles. The Morgan fingerprint density at radius 2 is 2.08 bits per heavy atom. The molecule has 1 aromatic carbocycles. The van der Waals surface area contributed by atoms with Gasteiger partial charge in [-0.15, -0.1) is 10.2 Å². The van der Waals surface area contributed by atoms with Gasteiger partial charge in [0, 0.05) is 25.4 Å². The van der Waals surface area contributed by atoms with Crippen LogP contribution in [0.4, 0.5) is 5.13 Å². The number of carboxylic acid groups (broad SMARTS) is 1. The summed E-state index contributed by atoms with van der Waals surface area (Å²) in [6.45, 7) is 10.1. The van der Waals surface area contributed by atoms with Crippen LogP contribution in [0.1, 0.15) is 43.1 Å². The molecule has 8 heteroatoms. The highest BCUT2D eigenvalue weighted by Crippen LogP contribution is 2.25. The number of H-pyrrole nitrogens is 1. The summed E-state index contributed by atoms with van der Waals surface area (Å²) in [5.41, 5.74) is 3.40. The second-order valence-electron chi connectivity index (χ2n) is 6.17. The van der Waals surface area contributed by atoms with E-state index in [1.54, 1.807) is 11.3 Å². The fraction of sp³-hybridized carbons (Fsp3) is 0.444. The second kappa shape index (κ2) is 9.28. The summed E-state index contributed by atoms with van der Waals surface area (Å²) < 4.78 is 0. The Bertz CT molecular complexity index is 843. The zero-order valence-corrected chi connectivity index (χ0v) is 16.4. The molecule has 0 aliphatic rings. The Labute approximate surface area is 157 Å². The van der Waals surface area contributed by atoms with Crippen LogP contribution in [0.15, 0.2) is 18.2 Å². The Kier molecular flexibility index (Phi) is 7.08. The summed E-state index contributed by atoms with van der Waals surface area (Å²) in [6.07, 6.45) is 0.874. The third kappa shape index (κ3) is 4.78. The van der Waals surface area contributed by atoms with E-state index in [-0.39, 0.29) is 6.47 Å². The molecule has 2 heterocycles. The number of rotatable bonds is 6. The van der Waals surface area contributed by atoms with E-state index in [4.69, 9.17) is 14.9 Å². The van der Waals surface area contributed by atoms with Gasteiger partial charge in [-0.25, -0.2) is 4.98 Å². The van der Waals surface area contributed by atoms with Crippen molar-refractivity contribution < 1.29 is 9.90 Å². The number of aromatic nitrogens is 4. The van der Waals surface area contributed by atoms with Crippen LogP contribution in [-0.2, 0) is 11.2 Å². The number of aromatic amines is 1. The molecule has 0 atom stereocenters. The van der Waals surface area contributed by atoms with Crippen molar-refractivity contribution in [1.29, 1.82) is 0 Å². The quantitative estimate of drug-likeness (QED) is 0.639. The lowest BCUT2D eigenvalue weighted by atomic mass is 10.2. The number of nitrogens with zero attached hydrogens (tertiary/aromatic N) is 4. The molecule has 7 nitrogen and oxygen atoms in total. The fourth-order valence-electron chi connectivity index (χ4n) is 2.56. The van der Waals surface area contributed by atoms with Gasteiger partial charge in [-0.2, -0.15) is 0 Å². The van der Waals surface area contributed by atoms with E-state index >= 15 is 0 Å². The van der Waals surface area contributed by atoms with E-state index in [1.807, 2.05) is 0 Å². The maximum atomic E-state index is 8.36. The first kappa shape index (κ1) is 19.8. The molecule has 2 aromatic heterocycles. The van der Waals surface area contributed by atoms with Crippen LogP contribution in [0.2, 0.25) is 0 Å². The van der Waals surface area contributed by atoms with Crippen LogP contribution < -0.4 is 4.90 Å². The number of aryl methyl sites for hydroxylation is 1. The van der Waals surface area contributed by atoms with Gasteiger partial charge in [0.1, 0.15) is 10.8 Å². The number of hydrogen-bond acceptors (Lipinski definition) is 6. The maximum Gasteiger partial charge on any atom is 0.290 e. The van der Waals surface area contributed by atoms with Gasteiger partial charge in [0.05, 0.1) is 11.0 Å². The lowest BCUT2D eigenvalue weighted by Crippen LogP contribution is -2.25. The van der Waals surface area contributed by atoms with Crippen LogP contribution in [0.25, 0.3) is 11.0 Å². The van der Waals surface area contributed by atoms with Crippen molar-refractivity contribution in [2.24, 2.45) is 0 Å². The molecule has 3 rings (SSSR count). The zero-order chi connectivity index (χ0) is 19.1. The number of anilines is 1. The van der Waals surface area contributed by atoms with Crippen LogP contribution in [-0.4, -0.2) is 44.8 Å². The minimum Gasteiger partial charge on any atom is -0.483 e. The predicted octanol–water partition coefficient (Wildman–Crippen LogP) is 3.62. The fourth-order valence-corrected chi connectivity index (χ4v) is 3.50. The molecule has 2 N–H and O–H groups in total. The molecule has 0 bridgehead atoms. The minimum atomic E-state index is -0.250. The van der Waals surface area contributed by atoms with E-state index in [9.17, 15) is 0 Å². The summed E-state index contributed by atoms with van der Waals surface area (Å²) in [5, 5.41) is 17.6. The van der Waals surface area contributed by atoms with Crippen molar-refractivity contribution >= 4 is 34.0 Å². The van der Waals surface area contributed by atoms with Crippen LogP contribution in [0.5, 0.6) is 0 Å². The Balaban J connectivity index is 0.000000758. The number of nitrogens with one attached hydrogen (secondary N) is 1. The van der Waals surface area contributed by atoms with Gasteiger partial charge in [-0.1, -0.05) is 37.3 Å². The number of benzene rings is 1. The molecule has 0 unspecified atom stereocenters. The standard InChI is InChI=1S/C17H23N5S.CH2O2/c1-5-22(17-21-20-16(23-17)11(2)3)10-9-14-18-13-8-6-7-12(4)15(13)19-14;2-1-3/h6-8,11H,5,9-10H2,1-4H3,(H,18,19);1H,(H,2,3). The average molecular weight is 375 g/mol. The number of para-hydroxylation sites is 1. The molecule has 0 fully saturated rings. The highest BCUT2D eigenvalue weighted by molar-refractivity contribution is 7.15. The number of imidazole rings is 1. The first-order chi connectivity index (χ1) is 12.5. The van der Waals surface area contributed by atoms with E-state index in [0.717, 1.165) is 46.5 Å².